The molecule has 0 spiro atoms. The molecule has 1 amide bonds. The van der Waals surface area contributed by atoms with Crippen molar-refractivity contribution in [3.63, 3.8) is 0 Å². The van der Waals surface area contributed by atoms with Crippen molar-refractivity contribution in [2.75, 3.05) is 26.2 Å². The number of hydrogen-bond acceptors (Lipinski definition) is 6. The lowest BCUT2D eigenvalue weighted by Crippen LogP contribution is -2.45. The van der Waals surface area contributed by atoms with E-state index in [0.717, 1.165) is 5.56 Å². The van der Waals surface area contributed by atoms with Gasteiger partial charge in [-0.2, -0.15) is 5.26 Å². The van der Waals surface area contributed by atoms with Crippen LogP contribution in [0.1, 0.15) is 31.4 Å². The van der Waals surface area contributed by atoms with Crippen LogP contribution in [0.5, 0.6) is 5.75 Å². The fourth-order valence-corrected chi connectivity index (χ4v) is 3.38. The molecule has 3 N–H and O–H groups in total. The Bertz CT molecular complexity index is 940. The highest BCUT2D eigenvalue weighted by atomic mass is 16.5. The van der Waals surface area contributed by atoms with Crippen molar-refractivity contribution in [2.45, 2.75) is 32.6 Å². The van der Waals surface area contributed by atoms with E-state index >= 15 is 0 Å². The molecule has 0 saturated carbocycles. The van der Waals surface area contributed by atoms with Gasteiger partial charge in [0.15, 0.2) is 0 Å². The molecule has 0 fully saturated rings. The molecule has 174 valence electrons. The molecule has 2 rings (SSSR count). The Morgan fingerprint density at radius 2 is 1.91 bits per heavy atom. The number of ether oxygens (including phenoxy) is 1. The minimum atomic E-state index is -1.46. The monoisotopic (exact) mass is 449 g/mol. The summed E-state index contributed by atoms with van der Waals surface area (Å²) in [5.74, 6) is -0.107. The van der Waals surface area contributed by atoms with Crippen molar-refractivity contribution in [2.24, 2.45) is 0 Å². The van der Waals surface area contributed by atoms with E-state index in [1.54, 1.807) is 17.0 Å². The molecule has 0 bridgehead atoms. The zero-order chi connectivity index (χ0) is 24.1. The lowest BCUT2D eigenvalue weighted by atomic mass is 9.76. The third-order valence-corrected chi connectivity index (χ3v) is 5.23. The van der Waals surface area contributed by atoms with Gasteiger partial charge in [-0.1, -0.05) is 42.5 Å². The third kappa shape index (κ3) is 8.74. The van der Waals surface area contributed by atoms with E-state index in [4.69, 9.17) is 4.74 Å². The molecule has 0 heterocycles. The lowest BCUT2D eigenvalue weighted by Gasteiger charge is -2.18. The number of amides is 1. The summed E-state index contributed by atoms with van der Waals surface area (Å²) in [6, 6.07) is 18.9. The van der Waals surface area contributed by atoms with Crippen LogP contribution in [0.3, 0.4) is 0 Å². The predicted molar refractivity (Wildman–Crippen MR) is 130 cm³/mol. The van der Waals surface area contributed by atoms with Gasteiger partial charge in [0.2, 0.25) is 0 Å². The van der Waals surface area contributed by atoms with Crippen LogP contribution in [0.4, 0.5) is 0 Å². The molecule has 0 unspecified atom stereocenters. The number of nitrogens with zero attached hydrogens (tertiary/aromatic N) is 2. The van der Waals surface area contributed by atoms with Gasteiger partial charge in [-0.25, -0.2) is 0 Å². The number of rotatable bonds is 13. The highest BCUT2D eigenvalue weighted by molar-refractivity contribution is 6.43. The second-order valence-corrected chi connectivity index (χ2v) is 7.59. The van der Waals surface area contributed by atoms with Crippen LogP contribution in [0.2, 0.25) is 0 Å². The summed E-state index contributed by atoms with van der Waals surface area (Å²) in [5, 5.41) is 31.9. The Morgan fingerprint density at radius 1 is 1.18 bits per heavy atom. The quantitative estimate of drug-likeness (QED) is 0.188. The number of benzene rings is 2. The highest BCUT2D eigenvalue weighted by Gasteiger charge is 2.22. The third-order valence-electron chi connectivity index (χ3n) is 5.23. The number of carbonyl (C=O) groups excluding carboxylic acids is 1. The summed E-state index contributed by atoms with van der Waals surface area (Å²) in [6.45, 7) is 5.85. The van der Waals surface area contributed by atoms with Gasteiger partial charge < -0.3 is 25.0 Å². The molecule has 0 aliphatic rings. The summed E-state index contributed by atoms with van der Waals surface area (Å²) in [7, 11) is -1.46. The zero-order valence-electron chi connectivity index (χ0n) is 19.3. The molecule has 0 aliphatic heterocycles. The van der Waals surface area contributed by atoms with E-state index in [0.29, 0.717) is 50.4 Å². The first-order valence-corrected chi connectivity index (χ1v) is 11.3. The van der Waals surface area contributed by atoms with Gasteiger partial charge in [0, 0.05) is 19.0 Å². The standard InChI is InChI=1S/C25H32BN3O4/c1-3-29(4-2)25(30)22(19-27)16-21-12-8-13-23(17-21)33-15-9-14-28-24(26(31)32)18-20-10-6-5-7-11-20/h5-8,10-13,16-17,24,28,31-32H,3-4,9,14-15,18H2,1-2H3/t24-/m0/s1. The van der Waals surface area contributed by atoms with Gasteiger partial charge in [-0.3, -0.25) is 4.79 Å². The Balaban J connectivity index is 1.86. The van der Waals surface area contributed by atoms with Crippen LogP contribution in [0.15, 0.2) is 60.2 Å². The number of carbonyl (C=O) groups is 1. The molecule has 2 aromatic carbocycles. The van der Waals surface area contributed by atoms with Crippen LogP contribution in [0, 0.1) is 11.3 Å². The SMILES string of the molecule is CCN(CC)C(=O)C(C#N)=Cc1cccc(OCCCN[C@@H](Cc2ccccc2)B(O)O)c1. The molecule has 0 saturated heterocycles. The smallest absolute Gasteiger partial charge is 0.469 e. The first-order chi connectivity index (χ1) is 16.0. The van der Waals surface area contributed by atoms with Crippen LogP contribution >= 0.6 is 0 Å². The van der Waals surface area contributed by atoms with Gasteiger partial charge in [0.25, 0.3) is 5.91 Å². The van der Waals surface area contributed by atoms with Crippen LogP contribution < -0.4 is 10.1 Å². The molecule has 0 aromatic heterocycles. The first kappa shape index (κ1) is 26.1. The second kappa shape index (κ2) is 14.1. The molecule has 0 aliphatic carbocycles. The van der Waals surface area contributed by atoms with Crippen molar-refractivity contribution in [1.29, 1.82) is 5.26 Å². The first-order valence-electron chi connectivity index (χ1n) is 11.3. The maximum Gasteiger partial charge on any atom is 0.469 e. The second-order valence-electron chi connectivity index (χ2n) is 7.59. The summed E-state index contributed by atoms with van der Waals surface area (Å²) >= 11 is 0. The molecule has 33 heavy (non-hydrogen) atoms. The van der Waals surface area contributed by atoms with E-state index in [1.165, 1.54) is 0 Å². The average Bonchev–Trinajstić information content (AvgIpc) is 2.83. The van der Waals surface area contributed by atoms with Crippen LogP contribution in [-0.2, 0) is 11.2 Å². The van der Waals surface area contributed by atoms with Gasteiger partial charge in [0.05, 0.1) is 6.61 Å². The van der Waals surface area contributed by atoms with Gasteiger partial charge >= 0.3 is 7.12 Å². The fourth-order valence-electron chi connectivity index (χ4n) is 3.38. The maximum atomic E-state index is 12.4. The van der Waals surface area contributed by atoms with Gasteiger partial charge in [-0.05, 0) is 62.6 Å². The molecule has 1 atom stereocenters. The Hall–Kier alpha value is -3.12. The molecular weight excluding hydrogens is 417 g/mol. The average molecular weight is 449 g/mol. The summed E-state index contributed by atoms with van der Waals surface area (Å²) in [4.78, 5) is 14.1. The fraction of sp³-hybridized carbons (Fsp3) is 0.360. The van der Waals surface area contributed by atoms with Crippen molar-refractivity contribution in [1.82, 2.24) is 10.2 Å². The predicted octanol–water partition coefficient (Wildman–Crippen LogP) is 2.44. The van der Waals surface area contributed by atoms with Crippen molar-refractivity contribution < 1.29 is 19.6 Å². The molecule has 7 nitrogen and oxygen atoms in total. The van der Waals surface area contributed by atoms with Crippen molar-refractivity contribution >= 4 is 19.1 Å². The normalized spacial score (nSPS) is 12.0. The minimum absolute atomic E-state index is 0.0899. The number of nitriles is 1. The van der Waals surface area contributed by atoms with E-state index in [9.17, 15) is 20.1 Å². The van der Waals surface area contributed by atoms with Crippen LogP contribution in [-0.4, -0.2) is 60.2 Å². The van der Waals surface area contributed by atoms with E-state index in [-0.39, 0.29) is 11.5 Å². The topological polar surface area (TPSA) is 106 Å². The molecular formula is C25H32BN3O4. The Labute approximate surface area is 196 Å². The summed E-state index contributed by atoms with van der Waals surface area (Å²) in [6.07, 6.45) is 2.76. The molecule has 2 aromatic rings. The maximum absolute atomic E-state index is 12.4. The summed E-state index contributed by atoms with van der Waals surface area (Å²) < 4.78 is 5.80. The van der Waals surface area contributed by atoms with Crippen LogP contribution in [0.25, 0.3) is 6.08 Å². The van der Waals surface area contributed by atoms with E-state index < -0.39 is 13.1 Å². The highest BCUT2D eigenvalue weighted by Crippen LogP contribution is 2.17. The lowest BCUT2D eigenvalue weighted by molar-refractivity contribution is -0.126. The number of hydrogen-bond donors (Lipinski definition) is 3. The molecule has 0 radical (unpaired) electrons. The zero-order valence-corrected chi connectivity index (χ0v) is 19.3. The number of likely N-dealkylation sites (N-methyl/N-ethyl adjacent to an activating group) is 1. The summed E-state index contributed by atoms with van der Waals surface area (Å²) in [5.41, 5.74) is 1.83. The number of nitrogens with one attached hydrogen (secondary N) is 1. The Kier molecular flexibility index (Phi) is 11.2. The largest absolute Gasteiger partial charge is 0.494 e. The van der Waals surface area contributed by atoms with Gasteiger partial charge in [-0.15, -0.1) is 0 Å². The van der Waals surface area contributed by atoms with Gasteiger partial charge in [0.1, 0.15) is 17.4 Å². The minimum Gasteiger partial charge on any atom is -0.494 e. The van der Waals surface area contributed by atoms with Crippen molar-refractivity contribution in [3.05, 3.63) is 71.3 Å². The Morgan fingerprint density at radius 3 is 2.55 bits per heavy atom. The van der Waals surface area contributed by atoms with E-state index in [1.807, 2.05) is 68.4 Å². The molecule has 8 heteroatoms. The van der Waals surface area contributed by atoms with Crippen molar-refractivity contribution in [3.8, 4) is 11.8 Å². The van der Waals surface area contributed by atoms with E-state index in [2.05, 4.69) is 5.32 Å².